The van der Waals surface area contributed by atoms with Gasteiger partial charge in [-0.05, 0) is 18.3 Å². The second-order valence-corrected chi connectivity index (χ2v) is 5.98. The molecule has 3 nitrogen and oxygen atoms in total. The van der Waals surface area contributed by atoms with E-state index in [9.17, 15) is 0 Å². The quantitative estimate of drug-likeness (QED) is 0.857. The molecule has 0 atom stereocenters. The number of aryl methyl sites for hydroxylation is 1. The number of hydrogen-bond donors (Lipinski definition) is 1. The van der Waals surface area contributed by atoms with Gasteiger partial charge in [-0.2, -0.15) is 5.10 Å². The van der Waals surface area contributed by atoms with Crippen LogP contribution in [0.2, 0.25) is 0 Å². The van der Waals surface area contributed by atoms with Gasteiger partial charge in [0.05, 0.1) is 11.4 Å². The van der Waals surface area contributed by atoms with Crippen molar-refractivity contribution >= 4 is 5.69 Å². The molecule has 0 amide bonds. The van der Waals surface area contributed by atoms with Crippen molar-refractivity contribution in [2.45, 2.75) is 58.3 Å². The lowest BCUT2D eigenvalue weighted by Gasteiger charge is -2.21. The van der Waals surface area contributed by atoms with Gasteiger partial charge in [0, 0.05) is 19.8 Å². The maximum absolute atomic E-state index is 4.53. The van der Waals surface area contributed by atoms with Crippen LogP contribution in [0.4, 0.5) is 5.69 Å². The third kappa shape index (κ3) is 3.50. The van der Waals surface area contributed by atoms with E-state index in [1.54, 1.807) is 0 Å². The van der Waals surface area contributed by atoms with Crippen molar-refractivity contribution in [1.82, 2.24) is 9.78 Å². The summed E-state index contributed by atoms with van der Waals surface area (Å²) in [5.41, 5.74) is 2.42. The summed E-state index contributed by atoms with van der Waals surface area (Å²) in [5.74, 6) is 1.44. The van der Waals surface area contributed by atoms with E-state index < -0.39 is 0 Å². The van der Waals surface area contributed by atoms with E-state index in [1.807, 2.05) is 11.7 Å². The highest BCUT2D eigenvalue weighted by Crippen LogP contribution is 2.27. The largest absolute Gasteiger partial charge is 0.382 e. The molecule has 2 rings (SSSR count). The summed E-state index contributed by atoms with van der Waals surface area (Å²) < 4.78 is 1.91. The van der Waals surface area contributed by atoms with E-state index in [0.717, 1.165) is 12.5 Å². The monoisotopic (exact) mass is 249 g/mol. The summed E-state index contributed by atoms with van der Waals surface area (Å²) in [5, 5.41) is 8.11. The van der Waals surface area contributed by atoms with Gasteiger partial charge in [-0.3, -0.25) is 4.68 Å². The smallest absolute Gasteiger partial charge is 0.0881 e. The van der Waals surface area contributed by atoms with Gasteiger partial charge in [0.1, 0.15) is 0 Å². The lowest BCUT2D eigenvalue weighted by Crippen LogP contribution is -2.12. The zero-order valence-electron chi connectivity index (χ0n) is 12.1. The molecule has 1 aromatic heterocycles. The summed E-state index contributed by atoms with van der Waals surface area (Å²) in [7, 11) is 2.00. The molecule has 1 heterocycles. The van der Waals surface area contributed by atoms with Crippen LogP contribution in [0.5, 0.6) is 0 Å². The van der Waals surface area contributed by atoms with E-state index in [0.29, 0.717) is 5.92 Å². The van der Waals surface area contributed by atoms with Crippen molar-refractivity contribution in [3.05, 3.63) is 11.9 Å². The molecule has 1 aliphatic rings. The Morgan fingerprint density at radius 3 is 2.72 bits per heavy atom. The Balaban J connectivity index is 1.82. The fourth-order valence-corrected chi connectivity index (χ4v) is 2.96. The molecule has 0 bridgehead atoms. The molecule has 1 saturated carbocycles. The summed E-state index contributed by atoms with van der Waals surface area (Å²) in [6.07, 6.45) is 10.6. The van der Waals surface area contributed by atoms with Crippen molar-refractivity contribution in [2.75, 3.05) is 11.9 Å². The third-order valence-corrected chi connectivity index (χ3v) is 4.00. The average molecular weight is 249 g/mol. The van der Waals surface area contributed by atoms with E-state index in [2.05, 4.69) is 30.5 Å². The second-order valence-electron chi connectivity index (χ2n) is 5.98. The Morgan fingerprint density at radius 1 is 1.33 bits per heavy atom. The SMILES string of the molecule is CC(C)c1nn(C)cc1NCCC1CCCCC1. The highest BCUT2D eigenvalue weighted by atomic mass is 15.3. The zero-order chi connectivity index (χ0) is 13.0. The molecule has 0 saturated heterocycles. The predicted molar refractivity (Wildman–Crippen MR) is 77.0 cm³/mol. The Labute approximate surface area is 111 Å². The molecule has 1 N–H and O–H groups in total. The summed E-state index contributed by atoms with van der Waals surface area (Å²) >= 11 is 0. The van der Waals surface area contributed by atoms with Crippen molar-refractivity contribution in [2.24, 2.45) is 13.0 Å². The Morgan fingerprint density at radius 2 is 2.06 bits per heavy atom. The molecule has 3 heteroatoms. The Kier molecular flexibility index (Phi) is 4.67. The number of hydrogen-bond acceptors (Lipinski definition) is 2. The van der Waals surface area contributed by atoms with Gasteiger partial charge >= 0.3 is 0 Å². The van der Waals surface area contributed by atoms with Crippen LogP contribution in [0, 0.1) is 5.92 Å². The van der Waals surface area contributed by atoms with Gasteiger partial charge < -0.3 is 5.32 Å². The topological polar surface area (TPSA) is 29.9 Å². The molecule has 0 aromatic carbocycles. The highest BCUT2D eigenvalue weighted by Gasteiger charge is 2.14. The van der Waals surface area contributed by atoms with Crippen LogP contribution in [0.1, 0.15) is 64.0 Å². The summed E-state index contributed by atoms with van der Waals surface area (Å²) in [6.45, 7) is 5.50. The van der Waals surface area contributed by atoms with Gasteiger partial charge in [-0.25, -0.2) is 0 Å². The van der Waals surface area contributed by atoms with Crippen LogP contribution < -0.4 is 5.32 Å². The van der Waals surface area contributed by atoms with Crippen LogP contribution in [0.15, 0.2) is 6.20 Å². The number of nitrogens with one attached hydrogen (secondary N) is 1. The van der Waals surface area contributed by atoms with Gasteiger partial charge in [-0.15, -0.1) is 0 Å². The van der Waals surface area contributed by atoms with Gasteiger partial charge in [0.2, 0.25) is 0 Å². The first kappa shape index (κ1) is 13.4. The Hall–Kier alpha value is -0.990. The minimum absolute atomic E-state index is 0.489. The summed E-state index contributed by atoms with van der Waals surface area (Å²) in [4.78, 5) is 0. The molecule has 0 spiro atoms. The van der Waals surface area contributed by atoms with E-state index in [1.165, 1.54) is 49.9 Å². The lowest BCUT2D eigenvalue weighted by molar-refractivity contribution is 0.345. The molecular weight excluding hydrogens is 222 g/mol. The number of nitrogens with zero attached hydrogens (tertiary/aromatic N) is 2. The van der Waals surface area contributed by atoms with Crippen molar-refractivity contribution in [3.8, 4) is 0 Å². The number of rotatable bonds is 5. The fourth-order valence-electron chi connectivity index (χ4n) is 2.96. The molecular formula is C15H27N3. The number of aromatic nitrogens is 2. The minimum Gasteiger partial charge on any atom is -0.382 e. The van der Waals surface area contributed by atoms with Crippen LogP contribution in [-0.4, -0.2) is 16.3 Å². The molecule has 1 aromatic rings. The van der Waals surface area contributed by atoms with Gasteiger partial charge in [0.15, 0.2) is 0 Å². The van der Waals surface area contributed by atoms with E-state index in [-0.39, 0.29) is 0 Å². The third-order valence-electron chi connectivity index (χ3n) is 4.00. The van der Waals surface area contributed by atoms with Crippen LogP contribution in [0.25, 0.3) is 0 Å². The predicted octanol–water partition coefficient (Wildman–Crippen LogP) is 3.93. The zero-order valence-corrected chi connectivity index (χ0v) is 12.1. The first-order chi connectivity index (χ1) is 8.66. The maximum atomic E-state index is 4.53. The molecule has 1 fully saturated rings. The first-order valence-corrected chi connectivity index (χ1v) is 7.44. The van der Waals surface area contributed by atoms with E-state index >= 15 is 0 Å². The van der Waals surface area contributed by atoms with Crippen molar-refractivity contribution in [3.63, 3.8) is 0 Å². The average Bonchev–Trinajstić information content (AvgIpc) is 2.72. The maximum Gasteiger partial charge on any atom is 0.0881 e. The molecule has 102 valence electrons. The number of anilines is 1. The van der Waals surface area contributed by atoms with Crippen molar-refractivity contribution < 1.29 is 0 Å². The highest BCUT2D eigenvalue weighted by molar-refractivity contribution is 5.47. The van der Waals surface area contributed by atoms with Gasteiger partial charge in [-0.1, -0.05) is 46.0 Å². The summed E-state index contributed by atoms with van der Waals surface area (Å²) in [6, 6.07) is 0. The fraction of sp³-hybridized carbons (Fsp3) is 0.800. The molecule has 1 aliphatic carbocycles. The van der Waals surface area contributed by atoms with Crippen LogP contribution in [-0.2, 0) is 7.05 Å². The van der Waals surface area contributed by atoms with Crippen molar-refractivity contribution in [1.29, 1.82) is 0 Å². The van der Waals surface area contributed by atoms with Gasteiger partial charge in [0.25, 0.3) is 0 Å². The molecule has 0 aliphatic heterocycles. The molecule has 18 heavy (non-hydrogen) atoms. The second kappa shape index (κ2) is 6.26. The molecule has 0 unspecified atom stereocenters. The minimum atomic E-state index is 0.489. The molecule has 0 radical (unpaired) electrons. The normalized spacial score (nSPS) is 17.3. The standard InChI is InChI=1S/C15H27N3/c1-12(2)15-14(11-18(3)17-15)16-10-9-13-7-5-4-6-8-13/h11-13,16H,4-10H2,1-3H3. The van der Waals surface area contributed by atoms with Crippen LogP contribution >= 0.6 is 0 Å². The van der Waals surface area contributed by atoms with E-state index in [4.69, 9.17) is 0 Å². The van der Waals surface area contributed by atoms with Crippen LogP contribution in [0.3, 0.4) is 0 Å². The first-order valence-electron chi connectivity index (χ1n) is 7.44. The Bertz CT molecular complexity index is 362. The lowest BCUT2D eigenvalue weighted by atomic mass is 9.87.